The van der Waals surface area contributed by atoms with Crippen LogP contribution in [-0.2, 0) is 4.79 Å². The van der Waals surface area contributed by atoms with Gasteiger partial charge in [0.05, 0.1) is 0 Å². The van der Waals surface area contributed by atoms with Crippen LogP contribution in [0.2, 0.25) is 0 Å². The summed E-state index contributed by atoms with van der Waals surface area (Å²) in [6.07, 6.45) is 3.97. The van der Waals surface area contributed by atoms with Gasteiger partial charge in [-0.3, -0.25) is 4.79 Å². The fourth-order valence-electron chi connectivity index (χ4n) is 3.00. The van der Waals surface area contributed by atoms with E-state index in [1.807, 2.05) is 9.80 Å². The van der Waals surface area contributed by atoms with Crippen LogP contribution in [0.3, 0.4) is 0 Å². The minimum atomic E-state index is 0.0175. The Balaban J connectivity index is 1.78. The average molecular weight is 295 g/mol. The molecule has 0 aromatic carbocycles. The van der Waals surface area contributed by atoms with Gasteiger partial charge in [-0.1, -0.05) is 13.8 Å². The molecule has 0 spiro atoms. The lowest BCUT2D eigenvalue weighted by molar-refractivity contribution is -0.132. The van der Waals surface area contributed by atoms with Crippen LogP contribution < -0.4 is 5.32 Å². The Labute approximate surface area is 128 Å². The Morgan fingerprint density at radius 2 is 1.67 bits per heavy atom. The first-order valence-corrected chi connectivity index (χ1v) is 8.31. The fourth-order valence-corrected chi connectivity index (χ4v) is 3.00. The molecule has 3 amide bonds. The summed E-state index contributed by atoms with van der Waals surface area (Å²) in [5, 5.41) is 3.07. The predicted octanol–water partition coefficient (Wildman–Crippen LogP) is 2.07. The zero-order valence-electron chi connectivity index (χ0n) is 13.6. The molecule has 21 heavy (non-hydrogen) atoms. The van der Waals surface area contributed by atoms with Gasteiger partial charge in [0.25, 0.3) is 0 Å². The standard InChI is InChI=1S/C16H29N3O2/c1-12(2)11-13(3)17-16(21)19-8-4-7-18(9-10-19)15(20)14-5-6-14/h12-14H,4-11H2,1-3H3,(H,17,21)/t13-/m1/s1. The predicted molar refractivity (Wildman–Crippen MR) is 82.9 cm³/mol. The lowest BCUT2D eigenvalue weighted by Gasteiger charge is -2.25. The summed E-state index contributed by atoms with van der Waals surface area (Å²) >= 11 is 0. The molecule has 0 unspecified atom stereocenters. The highest BCUT2D eigenvalue weighted by molar-refractivity contribution is 5.81. The van der Waals surface area contributed by atoms with Crippen molar-refractivity contribution < 1.29 is 9.59 Å². The molecule has 0 radical (unpaired) electrons. The van der Waals surface area contributed by atoms with Gasteiger partial charge in [0.15, 0.2) is 0 Å². The largest absolute Gasteiger partial charge is 0.341 e. The maximum atomic E-state index is 12.3. The molecule has 0 aromatic rings. The summed E-state index contributed by atoms with van der Waals surface area (Å²) in [5.41, 5.74) is 0. The van der Waals surface area contributed by atoms with Crippen LogP contribution in [-0.4, -0.2) is 54.0 Å². The smallest absolute Gasteiger partial charge is 0.317 e. The van der Waals surface area contributed by atoms with Crippen molar-refractivity contribution in [3.05, 3.63) is 0 Å². The van der Waals surface area contributed by atoms with Gasteiger partial charge in [-0.05, 0) is 38.5 Å². The number of carbonyl (C=O) groups excluding carboxylic acids is 2. The van der Waals surface area contributed by atoms with E-state index in [1.165, 1.54) is 0 Å². The van der Waals surface area contributed by atoms with E-state index in [4.69, 9.17) is 0 Å². The monoisotopic (exact) mass is 295 g/mol. The highest BCUT2D eigenvalue weighted by Gasteiger charge is 2.34. The molecule has 2 fully saturated rings. The van der Waals surface area contributed by atoms with Crippen molar-refractivity contribution >= 4 is 11.9 Å². The third kappa shape index (κ3) is 4.90. The maximum absolute atomic E-state index is 12.3. The zero-order valence-corrected chi connectivity index (χ0v) is 13.6. The van der Waals surface area contributed by atoms with Gasteiger partial charge in [-0.2, -0.15) is 0 Å². The number of nitrogens with zero attached hydrogens (tertiary/aromatic N) is 2. The first kappa shape index (κ1) is 16.1. The number of carbonyl (C=O) groups is 2. The molecule has 1 heterocycles. The lowest BCUT2D eigenvalue weighted by Crippen LogP contribution is -2.46. The van der Waals surface area contributed by atoms with Crippen LogP contribution in [0.15, 0.2) is 0 Å². The van der Waals surface area contributed by atoms with E-state index in [2.05, 4.69) is 26.1 Å². The molecule has 1 aliphatic heterocycles. The highest BCUT2D eigenvalue weighted by atomic mass is 16.2. The molecule has 5 heteroatoms. The second-order valence-electron chi connectivity index (χ2n) is 6.92. The van der Waals surface area contributed by atoms with Crippen molar-refractivity contribution in [2.45, 2.75) is 52.5 Å². The van der Waals surface area contributed by atoms with Gasteiger partial charge in [-0.25, -0.2) is 4.79 Å². The topological polar surface area (TPSA) is 52.7 Å². The molecule has 5 nitrogen and oxygen atoms in total. The summed E-state index contributed by atoms with van der Waals surface area (Å²) in [5.74, 6) is 1.15. The normalized spacial score (nSPS) is 21.1. The zero-order chi connectivity index (χ0) is 15.4. The van der Waals surface area contributed by atoms with Crippen molar-refractivity contribution in [3.63, 3.8) is 0 Å². The van der Waals surface area contributed by atoms with Gasteiger partial charge < -0.3 is 15.1 Å². The number of urea groups is 1. The summed E-state index contributed by atoms with van der Waals surface area (Å²) in [7, 11) is 0. The van der Waals surface area contributed by atoms with Crippen LogP contribution in [0.25, 0.3) is 0 Å². The van der Waals surface area contributed by atoms with E-state index >= 15 is 0 Å². The second-order valence-corrected chi connectivity index (χ2v) is 6.92. The third-order valence-electron chi connectivity index (χ3n) is 4.22. The Morgan fingerprint density at radius 1 is 1.05 bits per heavy atom. The Bertz CT molecular complexity index is 380. The summed E-state index contributed by atoms with van der Waals surface area (Å²) in [6.45, 7) is 9.25. The summed E-state index contributed by atoms with van der Waals surface area (Å²) < 4.78 is 0. The number of nitrogens with one attached hydrogen (secondary N) is 1. The summed E-state index contributed by atoms with van der Waals surface area (Å²) in [6, 6.07) is 0.217. The first-order valence-electron chi connectivity index (χ1n) is 8.31. The number of rotatable bonds is 4. The molecule has 1 atom stereocenters. The molecule has 2 rings (SSSR count). The van der Waals surface area contributed by atoms with Crippen LogP contribution in [0, 0.1) is 11.8 Å². The van der Waals surface area contributed by atoms with Gasteiger partial charge in [-0.15, -0.1) is 0 Å². The SMILES string of the molecule is CC(C)C[C@@H](C)NC(=O)N1CCCN(C(=O)C2CC2)CC1. The van der Waals surface area contributed by atoms with Crippen LogP contribution in [0.1, 0.15) is 46.5 Å². The van der Waals surface area contributed by atoms with E-state index in [-0.39, 0.29) is 18.0 Å². The van der Waals surface area contributed by atoms with E-state index in [0.29, 0.717) is 24.9 Å². The first-order chi connectivity index (χ1) is 9.97. The molecule has 1 N–H and O–H groups in total. The molecule has 1 saturated carbocycles. The Morgan fingerprint density at radius 3 is 2.29 bits per heavy atom. The van der Waals surface area contributed by atoms with E-state index in [1.54, 1.807) is 0 Å². The number of hydrogen-bond acceptors (Lipinski definition) is 2. The number of hydrogen-bond donors (Lipinski definition) is 1. The third-order valence-corrected chi connectivity index (χ3v) is 4.22. The molecule has 0 bridgehead atoms. The van der Waals surface area contributed by atoms with Gasteiger partial charge in [0.1, 0.15) is 0 Å². The second kappa shape index (κ2) is 7.14. The van der Waals surface area contributed by atoms with Crippen LogP contribution >= 0.6 is 0 Å². The molecule has 120 valence electrons. The lowest BCUT2D eigenvalue weighted by atomic mass is 10.1. The fraction of sp³-hybridized carbons (Fsp3) is 0.875. The van der Waals surface area contributed by atoms with Crippen molar-refractivity contribution in [1.82, 2.24) is 15.1 Å². The number of amides is 3. The summed E-state index contributed by atoms with van der Waals surface area (Å²) in [4.78, 5) is 28.2. The van der Waals surface area contributed by atoms with E-state index in [0.717, 1.165) is 38.8 Å². The molecule has 0 aromatic heterocycles. The van der Waals surface area contributed by atoms with Crippen molar-refractivity contribution in [3.8, 4) is 0 Å². The minimum absolute atomic E-state index is 0.0175. The van der Waals surface area contributed by atoms with Crippen molar-refractivity contribution in [2.24, 2.45) is 11.8 Å². The highest BCUT2D eigenvalue weighted by Crippen LogP contribution is 2.31. The van der Waals surface area contributed by atoms with E-state index < -0.39 is 0 Å². The van der Waals surface area contributed by atoms with Gasteiger partial charge in [0.2, 0.25) is 5.91 Å². The van der Waals surface area contributed by atoms with Gasteiger partial charge >= 0.3 is 6.03 Å². The minimum Gasteiger partial charge on any atom is -0.341 e. The quantitative estimate of drug-likeness (QED) is 0.863. The Hall–Kier alpha value is -1.26. The van der Waals surface area contributed by atoms with Gasteiger partial charge in [0, 0.05) is 38.1 Å². The van der Waals surface area contributed by atoms with E-state index in [9.17, 15) is 9.59 Å². The van der Waals surface area contributed by atoms with Crippen LogP contribution in [0.5, 0.6) is 0 Å². The molecule has 1 aliphatic carbocycles. The molecule has 2 aliphatic rings. The molecular formula is C16H29N3O2. The maximum Gasteiger partial charge on any atom is 0.317 e. The molecular weight excluding hydrogens is 266 g/mol. The van der Waals surface area contributed by atoms with Crippen molar-refractivity contribution in [2.75, 3.05) is 26.2 Å². The molecule has 1 saturated heterocycles. The van der Waals surface area contributed by atoms with Crippen molar-refractivity contribution in [1.29, 1.82) is 0 Å². The average Bonchev–Trinajstić information content (AvgIpc) is 3.23. The van der Waals surface area contributed by atoms with Crippen LogP contribution in [0.4, 0.5) is 4.79 Å². The Kier molecular flexibility index (Phi) is 5.48.